The number of para-hydroxylation sites is 1. The molecule has 2 heterocycles. The van der Waals surface area contributed by atoms with Crippen LogP contribution in [-0.2, 0) is 0 Å². The predicted molar refractivity (Wildman–Crippen MR) is 231 cm³/mol. The summed E-state index contributed by atoms with van der Waals surface area (Å²) in [6.07, 6.45) is 11.5. The lowest BCUT2D eigenvalue weighted by atomic mass is 9.70. The van der Waals surface area contributed by atoms with Gasteiger partial charge in [0.1, 0.15) is 5.58 Å². The topological polar surface area (TPSA) is 18.1 Å². The molecule has 11 rings (SSSR count). The van der Waals surface area contributed by atoms with E-state index in [2.05, 4.69) is 206 Å². The molecule has 2 atom stereocenters. The van der Waals surface area contributed by atoms with Crippen LogP contribution < -0.4 is 0 Å². The van der Waals surface area contributed by atoms with E-state index in [1.54, 1.807) is 0 Å². The van der Waals surface area contributed by atoms with Crippen LogP contribution in [0.1, 0.15) is 18.1 Å². The SMILES string of the molecule is CC1C(c2cccc3oc4c(-n5c6ccc(-c7ccccc7)cc6c6cc(-c7ccccc7)ccc65)cccc4c23)=CC(c2ccccc2)=C2C=CC=CC21. The fourth-order valence-electron chi connectivity index (χ4n) is 9.17. The van der Waals surface area contributed by atoms with Crippen LogP contribution >= 0.6 is 0 Å². The van der Waals surface area contributed by atoms with Gasteiger partial charge in [-0.05, 0) is 98.5 Å². The van der Waals surface area contributed by atoms with E-state index in [-0.39, 0.29) is 5.92 Å². The minimum Gasteiger partial charge on any atom is -0.454 e. The highest BCUT2D eigenvalue weighted by Crippen LogP contribution is 2.48. The summed E-state index contributed by atoms with van der Waals surface area (Å²) in [5.74, 6) is 0.584. The van der Waals surface area contributed by atoms with Gasteiger partial charge in [0.15, 0.2) is 5.58 Å². The number of hydrogen-bond acceptors (Lipinski definition) is 1. The first-order chi connectivity index (χ1) is 27.2. The highest BCUT2D eigenvalue weighted by molar-refractivity contribution is 6.16. The number of aromatic nitrogens is 1. The molecular weight excluding hydrogens is 667 g/mol. The molecule has 0 saturated carbocycles. The maximum Gasteiger partial charge on any atom is 0.159 e. The second-order valence-corrected chi connectivity index (χ2v) is 14.9. The lowest BCUT2D eigenvalue weighted by Crippen LogP contribution is -2.19. The van der Waals surface area contributed by atoms with Crippen LogP contribution in [-0.4, -0.2) is 4.57 Å². The van der Waals surface area contributed by atoms with Crippen molar-refractivity contribution in [2.75, 3.05) is 0 Å². The number of benzene rings is 7. The monoisotopic (exact) mass is 703 g/mol. The molecule has 0 saturated heterocycles. The van der Waals surface area contributed by atoms with E-state index in [4.69, 9.17) is 4.42 Å². The lowest BCUT2D eigenvalue weighted by Gasteiger charge is -2.33. The normalized spacial score (nSPS) is 16.7. The first-order valence-corrected chi connectivity index (χ1v) is 19.2. The second kappa shape index (κ2) is 12.6. The largest absolute Gasteiger partial charge is 0.454 e. The highest BCUT2D eigenvalue weighted by atomic mass is 16.3. The van der Waals surface area contributed by atoms with Gasteiger partial charge in [0, 0.05) is 27.5 Å². The molecule has 7 aromatic carbocycles. The summed E-state index contributed by atoms with van der Waals surface area (Å²) in [5, 5.41) is 4.73. The van der Waals surface area contributed by atoms with Crippen LogP contribution in [0.3, 0.4) is 0 Å². The summed E-state index contributed by atoms with van der Waals surface area (Å²) in [7, 11) is 0. The molecule has 0 amide bonds. The van der Waals surface area contributed by atoms with E-state index in [0.29, 0.717) is 5.92 Å². The summed E-state index contributed by atoms with van der Waals surface area (Å²) in [5.41, 5.74) is 16.5. The van der Waals surface area contributed by atoms with Gasteiger partial charge in [-0.2, -0.15) is 0 Å². The number of hydrogen-bond donors (Lipinski definition) is 0. The molecule has 0 N–H and O–H groups in total. The Morgan fingerprint density at radius 2 is 1.15 bits per heavy atom. The van der Waals surface area contributed by atoms with Crippen molar-refractivity contribution < 1.29 is 4.42 Å². The maximum atomic E-state index is 6.99. The quantitative estimate of drug-likeness (QED) is 0.174. The molecule has 55 heavy (non-hydrogen) atoms. The van der Waals surface area contributed by atoms with Crippen molar-refractivity contribution in [3.8, 4) is 27.9 Å². The van der Waals surface area contributed by atoms with Crippen LogP contribution in [0, 0.1) is 11.8 Å². The molecule has 2 aromatic heterocycles. The fraction of sp³-hybridized carbons (Fsp3) is 0.0566. The third-order valence-electron chi connectivity index (χ3n) is 11.8. The predicted octanol–water partition coefficient (Wildman–Crippen LogP) is 14.2. The lowest BCUT2D eigenvalue weighted by molar-refractivity contribution is 0.603. The number of nitrogens with zero attached hydrogens (tertiary/aromatic N) is 1. The summed E-state index contributed by atoms with van der Waals surface area (Å²) >= 11 is 0. The zero-order valence-electron chi connectivity index (χ0n) is 30.5. The molecule has 0 bridgehead atoms. The van der Waals surface area contributed by atoms with Gasteiger partial charge in [0.2, 0.25) is 0 Å². The van der Waals surface area contributed by atoms with E-state index < -0.39 is 0 Å². The number of allylic oxidation sites excluding steroid dienone is 8. The number of fused-ring (bicyclic) bond motifs is 7. The van der Waals surface area contributed by atoms with Gasteiger partial charge in [-0.1, -0.05) is 159 Å². The standard InChI is InChI=1S/C53H37NO/c1-34-40-21-11-12-22-41(40)45(37-19-9-4-10-20-37)33-44(34)42-23-14-26-51-52(42)43-24-13-25-50(53(43)55-51)54-48-29-27-38(35-15-5-2-6-16-35)31-46(48)47-32-39(28-30-49(47)54)36-17-7-3-8-18-36/h2-34,40H,1H3. The van der Waals surface area contributed by atoms with E-state index in [9.17, 15) is 0 Å². The van der Waals surface area contributed by atoms with E-state index >= 15 is 0 Å². The molecule has 2 aliphatic carbocycles. The van der Waals surface area contributed by atoms with Crippen LogP contribution in [0.4, 0.5) is 0 Å². The smallest absolute Gasteiger partial charge is 0.159 e. The third kappa shape index (κ3) is 5.02. The molecule has 2 heteroatoms. The summed E-state index contributed by atoms with van der Waals surface area (Å²) < 4.78 is 9.40. The molecule has 2 unspecified atom stereocenters. The number of rotatable bonds is 5. The molecule has 260 valence electrons. The minimum absolute atomic E-state index is 0.289. The zero-order chi connectivity index (χ0) is 36.5. The molecule has 2 nitrogen and oxygen atoms in total. The van der Waals surface area contributed by atoms with Crippen molar-refractivity contribution in [3.05, 3.63) is 211 Å². The average Bonchev–Trinajstić information content (AvgIpc) is 3.80. The van der Waals surface area contributed by atoms with Gasteiger partial charge < -0.3 is 8.98 Å². The van der Waals surface area contributed by atoms with Gasteiger partial charge in [-0.15, -0.1) is 0 Å². The molecule has 9 aromatic rings. The first-order valence-electron chi connectivity index (χ1n) is 19.2. The van der Waals surface area contributed by atoms with Crippen molar-refractivity contribution in [2.24, 2.45) is 11.8 Å². The molecule has 0 fully saturated rings. The maximum absolute atomic E-state index is 6.99. The van der Waals surface area contributed by atoms with E-state index in [1.807, 2.05) is 0 Å². The Labute approximate surface area is 320 Å². The van der Waals surface area contributed by atoms with Crippen molar-refractivity contribution in [2.45, 2.75) is 6.92 Å². The Balaban J connectivity index is 1.15. The summed E-state index contributed by atoms with van der Waals surface area (Å²) in [6, 6.07) is 59.1. The van der Waals surface area contributed by atoms with Crippen LogP contribution in [0.15, 0.2) is 204 Å². The van der Waals surface area contributed by atoms with Crippen molar-refractivity contribution in [1.29, 1.82) is 0 Å². The minimum atomic E-state index is 0.289. The molecule has 0 radical (unpaired) electrons. The Kier molecular flexibility index (Phi) is 7.25. The fourth-order valence-corrected chi connectivity index (χ4v) is 9.17. The molecule has 0 aliphatic heterocycles. The van der Waals surface area contributed by atoms with E-state index in [0.717, 1.165) is 33.3 Å². The van der Waals surface area contributed by atoms with Gasteiger partial charge >= 0.3 is 0 Å². The second-order valence-electron chi connectivity index (χ2n) is 14.9. The summed E-state index contributed by atoms with van der Waals surface area (Å²) in [4.78, 5) is 0. The zero-order valence-corrected chi connectivity index (χ0v) is 30.5. The number of furan rings is 1. The van der Waals surface area contributed by atoms with Crippen LogP contribution in [0.25, 0.3) is 82.8 Å². The van der Waals surface area contributed by atoms with Gasteiger partial charge in [-0.25, -0.2) is 0 Å². The Bertz CT molecular complexity index is 2980. The third-order valence-corrected chi connectivity index (χ3v) is 11.8. The highest BCUT2D eigenvalue weighted by Gasteiger charge is 2.31. The van der Waals surface area contributed by atoms with Crippen LogP contribution in [0.2, 0.25) is 0 Å². The van der Waals surface area contributed by atoms with E-state index in [1.165, 1.54) is 66.3 Å². The van der Waals surface area contributed by atoms with Crippen molar-refractivity contribution >= 4 is 54.9 Å². The van der Waals surface area contributed by atoms with Crippen LogP contribution in [0.5, 0.6) is 0 Å². The Morgan fingerprint density at radius 1 is 0.527 bits per heavy atom. The summed E-state index contributed by atoms with van der Waals surface area (Å²) in [6.45, 7) is 2.37. The Morgan fingerprint density at radius 3 is 1.80 bits per heavy atom. The van der Waals surface area contributed by atoms with Crippen molar-refractivity contribution in [1.82, 2.24) is 4.57 Å². The molecule has 2 aliphatic rings. The molecular formula is C53H37NO. The van der Waals surface area contributed by atoms with Crippen molar-refractivity contribution in [3.63, 3.8) is 0 Å². The average molecular weight is 704 g/mol. The van der Waals surface area contributed by atoms with Gasteiger partial charge in [0.25, 0.3) is 0 Å². The van der Waals surface area contributed by atoms with Gasteiger partial charge in [-0.3, -0.25) is 0 Å². The molecule has 0 spiro atoms. The first kappa shape index (κ1) is 31.6. The Hall–Kier alpha value is -6.90. The van der Waals surface area contributed by atoms with Gasteiger partial charge in [0.05, 0.1) is 16.7 Å².